The molecule has 0 atom stereocenters. The summed E-state index contributed by atoms with van der Waals surface area (Å²) in [6, 6.07) is 4.79. The number of piperidine rings is 1. The number of hydrogen-bond donors (Lipinski definition) is 2. The third-order valence-electron chi connectivity index (χ3n) is 5.47. The number of thiophene rings is 1. The predicted molar refractivity (Wildman–Crippen MR) is 102 cm³/mol. The van der Waals surface area contributed by atoms with E-state index in [-0.39, 0.29) is 11.5 Å². The quantitative estimate of drug-likeness (QED) is 0.801. The summed E-state index contributed by atoms with van der Waals surface area (Å²) in [5.74, 6) is -0.853. The smallest absolute Gasteiger partial charge is 0.345 e. The molecular formula is C19H21N3O5S. The van der Waals surface area contributed by atoms with Crippen molar-refractivity contribution in [3.05, 3.63) is 49.6 Å². The number of amides is 1. The topological polar surface area (TPSA) is 113 Å². The number of carbonyl (C=O) groups excluding carboxylic acids is 1. The summed E-state index contributed by atoms with van der Waals surface area (Å²) in [7, 11) is 0. The summed E-state index contributed by atoms with van der Waals surface area (Å²) < 4.78 is 6.13. The summed E-state index contributed by atoms with van der Waals surface area (Å²) >= 11 is 1.33. The zero-order valence-electron chi connectivity index (χ0n) is 15.3. The van der Waals surface area contributed by atoms with Gasteiger partial charge >= 0.3 is 5.97 Å². The van der Waals surface area contributed by atoms with Crippen molar-refractivity contribution >= 4 is 23.2 Å². The van der Waals surface area contributed by atoms with Gasteiger partial charge in [-0.1, -0.05) is 0 Å². The lowest BCUT2D eigenvalue weighted by molar-refractivity contribution is -0.140. The van der Waals surface area contributed by atoms with Crippen LogP contribution in [0.15, 0.2) is 23.0 Å². The molecule has 9 heteroatoms. The molecule has 1 fully saturated rings. The molecule has 1 amide bonds. The molecule has 4 heterocycles. The lowest BCUT2D eigenvalue weighted by Crippen LogP contribution is -2.48. The Labute approximate surface area is 165 Å². The van der Waals surface area contributed by atoms with Gasteiger partial charge in [0.2, 0.25) is 5.91 Å². The van der Waals surface area contributed by atoms with Crippen molar-refractivity contribution in [1.29, 1.82) is 0 Å². The number of fused-ring (bicyclic) bond motifs is 2. The third kappa shape index (κ3) is 3.59. The molecule has 4 rings (SSSR count). The van der Waals surface area contributed by atoms with Crippen molar-refractivity contribution in [2.75, 3.05) is 19.7 Å². The number of carbonyl (C=O) groups is 2. The number of carboxylic acid groups (broad SMARTS) is 1. The van der Waals surface area contributed by atoms with E-state index < -0.39 is 11.6 Å². The molecule has 0 aromatic carbocycles. The van der Waals surface area contributed by atoms with Gasteiger partial charge < -0.3 is 14.7 Å². The van der Waals surface area contributed by atoms with E-state index in [1.165, 1.54) is 17.4 Å². The van der Waals surface area contributed by atoms with Crippen molar-refractivity contribution < 1.29 is 19.4 Å². The molecule has 1 spiro atoms. The first-order valence-electron chi connectivity index (χ1n) is 9.30. The van der Waals surface area contributed by atoms with Crippen molar-refractivity contribution in [2.24, 2.45) is 0 Å². The molecule has 28 heavy (non-hydrogen) atoms. The number of aromatic nitrogens is 2. The van der Waals surface area contributed by atoms with E-state index in [1.807, 2.05) is 4.90 Å². The minimum atomic E-state index is -0.905. The van der Waals surface area contributed by atoms with Crippen LogP contribution in [0.1, 0.15) is 45.1 Å². The van der Waals surface area contributed by atoms with Crippen molar-refractivity contribution in [3.8, 4) is 0 Å². The van der Waals surface area contributed by atoms with Gasteiger partial charge in [-0.25, -0.2) is 9.89 Å². The molecule has 0 radical (unpaired) electrons. The first-order chi connectivity index (χ1) is 13.5. The summed E-state index contributed by atoms with van der Waals surface area (Å²) in [4.78, 5) is 38.2. The molecule has 0 saturated carbocycles. The van der Waals surface area contributed by atoms with Crippen LogP contribution in [0.3, 0.4) is 0 Å². The van der Waals surface area contributed by atoms with Gasteiger partial charge in [-0.05, 0) is 30.5 Å². The number of aromatic carboxylic acids is 1. The van der Waals surface area contributed by atoms with Gasteiger partial charge in [-0.3, -0.25) is 9.59 Å². The van der Waals surface area contributed by atoms with Gasteiger partial charge in [0, 0.05) is 43.3 Å². The summed E-state index contributed by atoms with van der Waals surface area (Å²) in [6.45, 7) is 1.74. The van der Waals surface area contributed by atoms with E-state index >= 15 is 0 Å². The molecule has 8 nitrogen and oxygen atoms in total. The Bertz CT molecular complexity index is 938. The molecule has 2 aliphatic heterocycles. The number of likely N-dealkylation sites (tertiary alicyclic amines) is 1. The van der Waals surface area contributed by atoms with Crippen LogP contribution >= 0.6 is 11.3 Å². The van der Waals surface area contributed by atoms with Crippen LogP contribution in [0.4, 0.5) is 0 Å². The number of hydrogen-bond acceptors (Lipinski definition) is 6. The SMILES string of the molecule is O=C(O)c1cc2c(s1)CCOC21CCN(C(=O)CCc2ccc(=O)[nH]n2)CC1. The van der Waals surface area contributed by atoms with E-state index in [1.54, 1.807) is 12.1 Å². The molecule has 0 unspecified atom stereocenters. The van der Waals surface area contributed by atoms with Crippen LogP contribution in [0.2, 0.25) is 0 Å². The molecule has 148 valence electrons. The zero-order chi connectivity index (χ0) is 19.7. The normalized spacial score (nSPS) is 18.1. The maximum atomic E-state index is 12.6. The lowest BCUT2D eigenvalue weighted by atomic mass is 9.82. The first-order valence-corrected chi connectivity index (χ1v) is 10.1. The Morgan fingerprint density at radius 2 is 2.11 bits per heavy atom. The number of ether oxygens (including phenoxy) is 1. The highest BCUT2D eigenvalue weighted by atomic mass is 32.1. The van der Waals surface area contributed by atoms with Gasteiger partial charge in [-0.2, -0.15) is 5.10 Å². The Morgan fingerprint density at radius 1 is 1.32 bits per heavy atom. The number of H-pyrrole nitrogens is 1. The molecular weight excluding hydrogens is 382 g/mol. The van der Waals surface area contributed by atoms with Crippen molar-refractivity contribution in [3.63, 3.8) is 0 Å². The number of carboxylic acids is 1. The molecule has 1 saturated heterocycles. The average molecular weight is 403 g/mol. The van der Waals surface area contributed by atoms with Crippen LogP contribution in [0.5, 0.6) is 0 Å². The Morgan fingerprint density at radius 3 is 2.79 bits per heavy atom. The second kappa shape index (κ2) is 7.48. The molecule has 2 aliphatic rings. The Hall–Kier alpha value is -2.52. The van der Waals surface area contributed by atoms with Gasteiger partial charge in [0.05, 0.1) is 17.9 Å². The monoisotopic (exact) mass is 403 g/mol. The van der Waals surface area contributed by atoms with Crippen LogP contribution in [0.25, 0.3) is 0 Å². The van der Waals surface area contributed by atoms with Gasteiger partial charge in [0.1, 0.15) is 4.88 Å². The van der Waals surface area contributed by atoms with E-state index in [2.05, 4.69) is 10.2 Å². The molecule has 2 N–H and O–H groups in total. The molecule has 0 bridgehead atoms. The van der Waals surface area contributed by atoms with Crippen LogP contribution in [-0.2, 0) is 28.0 Å². The van der Waals surface area contributed by atoms with Crippen LogP contribution in [0, 0.1) is 0 Å². The Kier molecular flexibility index (Phi) is 5.03. The fraction of sp³-hybridized carbons (Fsp3) is 0.474. The highest BCUT2D eigenvalue weighted by molar-refractivity contribution is 7.14. The summed E-state index contributed by atoms with van der Waals surface area (Å²) in [5, 5.41) is 15.6. The number of nitrogens with zero attached hydrogens (tertiary/aromatic N) is 2. The fourth-order valence-corrected chi connectivity index (χ4v) is 5.03. The Balaban J connectivity index is 1.39. The second-order valence-electron chi connectivity index (χ2n) is 7.14. The van der Waals surface area contributed by atoms with E-state index in [0.29, 0.717) is 56.0 Å². The first kappa shape index (κ1) is 18.8. The van der Waals surface area contributed by atoms with Crippen LogP contribution < -0.4 is 5.56 Å². The number of rotatable bonds is 4. The largest absolute Gasteiger partial charge is 0.477 e. The molecule has 0 aliphatic carbocycles. The molecule has 2 aromatic heterocycles. The summed E-state index contributed by atoms with van der Waals surface area (Å²) in [6.07, 6.45) is 2.88. The van der Waals surface area contributed by atoms with Gasteiger partial charge in [0.15, 0.2) is 0 Å². The zero-order valence-corrected chi connectivity index (χ0v) is 16.1. The second-order valence-corrected chi connectivity index (χ2v) is 8.28. The lowest BCUT2D eigenvalue weighted by Gasteiger charge is -2.44. The standard InChI is InChI=1S/C19H21N3O5S/c23-16-3-1-12(20-21-16)2-4-17(24)22-8-6-19(7-9-22)13-11-15(18(25)26)28-14(13)5-10-27-19/h1,3,11H,2,4-10H2,(H,21,23)(H,25,26). The van der Waals surface area contributed by atoms with Crippen LogP contribution in [-0.4, -0.2) is 51.8 Å². The van der Waals surface area contributed by atoms with Crippen molar-refractivity contribution in [2.45, 2.75) is 37.7 Å². The fourth-order valence-electron chi connectivity index (χ4n) is 3.96. The minimum absolute atomic E-state index is 0.0513. The van der Waals surface area contributed by atoms with E-state index in [4.69, 9.17) is 4.74 Å². The number of aromatic amines is 1. The predicted octanol–water partition coefficient (Wildman–Crippen LogP) is 1.55. The number of nitrogens with one attached hydrogen (secondary N) is 1. The third-order valence-corrected chi connectivity index (χ3v) is 6.66. The highest BCUT2D eigenvalue weighted by Crippen LogP contribution is 2.44. The maximum absolute atomic E-state index is 12.6. The van der Waals surface area contributed by atoms with E-state index in [9.17, 15) is 19.5 Å². The van der Waals surface area contributed by atoms with Crippen molar-refractivity contribution in [1.82, 2.24) is 15.1 Å². The molecule has 2 aromatic rings. The summed E-state index contributed by atoms with van der Waals surface area (Å²) in [5.41, 5.74) is 0.935. The number of aryl methyl sites for hydroxylation is 1. The minimum Gasteiger partial charge on any atom is -0.477 e. The van der Waals surface area contributed by atoms with E-state index in [0.717, 1.165) is 16.9 Å². The maximum Gasteiger partial charge on any atom is 0.345 e. The highest BCUT2D eigenvalue weighted by Gasteiger charge is 2.43. The van der Waals surface area contributed by atoms with Gasteiger partial charge in [-0.15, -0.1) is 11.3 Å². The van der Waals surface area contributed by atoms with Gasteiger partial charge in [0.25, 0.3) is 5.56 Å². The average Bonchev–Trinajstić information content (AvgIpc) is 3.14.